The highest BCUT2D eigenvalue weighted by molar-refractivity contribution is 5.69. The van der Waals surface area contributed by atoms with Crippen LogP contribution in [-0.4, -0.2) is 12.6 Å². The van der Waals surface area contributed by atoms with Crippen molar-refractivity contribution in [3.63, 3.8) is 0 Å². The number of carbonyl (C=O) groups excluding carboxylic acids is 1. The van der Waals surface area contributed by atoms with Crippen LogP contribution in [0.4, 0.5) is 0 Å². The second kappa shape index (κ2) is 23.5. The van der Waals surface area contributed by atoms with Gasteiger partial charge in [-0.3, -0.25) is 4.79 Å². The first kappa shape index (κ1) is 26.4. The molecular formula is C26H44O2. The molecule has 0 rings (SSSR count). The summed E-state index contributed by atoms with van der Waals surface area (Å²) in [4.78, 5) is 11.6. The Bertz CT molecular complexity index is 443. The molecule has 0 spiro atoms. The zero-order chi connectivity index (χ0) is 20.5. The molecule has 0 aromatic rings. The van der Waals surface area contributed by atoms with Crippen LogP contribution in [0.5, 0.6) is 0 Å². The van der Waals surface area contributed by atoms with Gasteiger partial charge in [-0.05, 0) is 51.4 Å². The summed E-state index contributed by atoms with van der Waals surface area (Å²) in [5.74, 6) is -0.0487. The number of unbranched alkanes of at least 4 members (excludes halogenated alkanes) is 7. The van der Waals surface area contributed by atoms with Crippen molar-refractivity contribution in [1.29, 1.82) is 0 Å². The maximum atomic E-state index is 11.6. The predicted molar refractivity (Wildman–Crippen MR) is 124 cm³/mol. The quantitative estimate of drug-likeness (QED) is 0.126. The number of hydrogen-bond acceptors (Lipinski definition) is 2. The molecule has 0 bridgehead atoms. The first-order chi connectivity index (χ1) is 13.8. The molecule has 28 heavy (non-hydrogen) atoms. The van der Waals surface area contributed by atoms with Gasteiger partial charge in [0.1, 0.15) is 0 Å². The fourth-order valence-corrected chi connectivity index (χ4v) is 2.71. The van der Waals surface area contributed by atoms with Crippen LogP contribution in [-0.2, 0) is 9.53 Å². The molecule has 2 nitrogen and oxygen atoms in total. The van der Waals surface area contributed by atoms with Gasteiger partial charge >= 0.3 is 5.97 Å². The van der Waals surface area contributed by atoms with E-state index < -0.39 is 0 Å². The van der Waals surface area contributed by atoms with Crippen LogP contribution in [0.25, 0.3) is 0 Å². The number of esters is 1. The second-order valence-corrected chi connectivity index (χ2v) is 7.26. The molecule has 0 aliphatic carbocycles. The Kier molecular flexibility index (Phi) is 22.2. The van der Waals surface area contributed by atoms with E-state index in [-0.39, 0.29) is 5.97 Å². The van der Waals surface area contributed by atoms with E-state index >= 15 is 0 Å². The summed E-state index contributed by atoms with van der Waals surface area (Å²) in [6, 6.07) is 0. The third-order valence-electron chi connectivity index (χ3n) is 4.47. The van der Waals surface area contributed by atoms with Crippen LogP contribution in [0.1, 0.15) is 104 Å². The molecule has 0 radical (unpaired) electrons. The van der Waals surface area contributed by atoms with Crippen LogP contribution in [0.15, 0.2) is 48.6 Å². The highest BCUT2D eigenvalue weighted by Gasteiger charge is 2.00. The number of carbonyl (C=O) groups is 1. The topological polar surface area (TPSA) is 26.3 Å². The maximum absolute atomic E-state index is 11.6. The highest BCUT2D eigenvalue weighted by Crippen LogP contribution is 2.03. The molecule has 0 aliphatic heterocycles. The Labute approximate surface area is 174 Å². The Morgan fingerprint density at radius 3 is 1.68 bits per heavy atom. The van der Waals surface area contributed by atoms with Gasteiger partial charge in [0.05, 0.1) is 6.61 Å². The number of allylic oxidation sites excluding steroid dienone is 8. The van der Waals surface area contributed by atoms with Crippen molar-refractivity contribution < 1.29 is 9.53 Å². The molecule has 0 amide bonds. The van der Waals surface area contributed by atoms with Crippen LogP contribution in [0.3, 0.4) is 0 Å². The van der Waals surface area contributed by atoms with Crippen molar-refractivity contribution in [1.82, 2.24) is 0 Å². The van der Waals surface area contributed by atoms with E-state index in [2.05, 4.69) is 62.5 Å². The third-order valence-corrected chi connectivity index (χ3v) is 4.47. The molecule has 0 saturated heterocycles. The van der Waals surface area contributed by atoms with Gasteiger partial charge in [0, 0.05) is 6.42 Å². The van der Waals surface area contributed by atoms with E-state index in [9.17, 15) is 4.79 Å². The minimum atomic E-state index is -0.0487. The standard InChI is InChI=1S/C26H44O2/c1-3-5-7-9-10-11-12-13-14-15-16-17-18-19-20-21-22-24-26(27)28-25-23-8-6-4-2/h10-11,13-14,16-17,19-20H,3-9,12,15,18,21-25H2,1-2H3. The third kappa shape index (κ3) is 22.5. The van der Waals surface area contributed by atoms with Gasteiger partial charge in [-0.15, -0.1) is 0 Å². The molecule has 0 atom stereocenters. The number of hydrogen-bond donors (Lipinski definition) is 0. The van der Waals surface area contributed by atoms with Crippen LogP contribution >= 0.6 is 0 Å². The molecule has 0 heterocycles. The Hall–Kier alpha value is -1.57. The summed E-state index contributed by atoms with van der Waals surface area (Å²) >= 11 is 0. The average Bonchev–Trinajstić information content (AvgIpc) is 2.70. The van der Waals surface area contributed by atoms with Gasteiger partial charge in [-0.2, -0.15) is 0 Å². The van der Waals surface area contributed by atoms with Crippen molar-refractivity contribution in [2.24, 2.45) is 0 Å². The van der Waals surface area contributed by atoms with Crippen molar-refractivity contribution >= 4 is 5.97 Å². The molecule has 0 aromatic carbocycles. The van der Waals surface area contributed by atoms with Crippen molar-refractivity contribution in [2.75, 3.05) is 6.61 Å². The van der Waals surface area contributed by atoms with Crippen molar-refractivity contribution in [3.05, 3.63) is 48.6 Å². The largest absolute Gasteiger partial charge is 0.466 e. The molecule has 0 unspecified atom stereocenters. The van der Waals surface area contributed by atoms with E-state index in [0.29, 0.717) is 13.0 Å². The normalized spacial score (nSPS) is 12.2. The highest BCUT2D eigenvalue weighted by atomic mass is 16.5. The molecular weight excluding hydrogens is 344 g/mol. The van der Waals surface area contributed by atoms with Gasteiger partial charge in [-0.25, -0.2) is 0 Å². The number of ether oxygens (including phenoxy) is 1. The lowest BCUT2D eigenvalue weighted by atomic mass is 10.2. The van der Waals surface area contributed by atoms with E-state index in [1.807, 2.05) is 0 Å². The summed E-state index contributed by atoms with van der Waals surface area (Å²) in [5, 5.41) is 0. The molecule has 0 N–H and O–H groups in total. The lowest BCUT2D eigenvalue weighted by molar-refractivity contribution is -0.143. The van der Waals surface area contributed by atoms with E-state index in [4.69, 9.17) is 4.74 Å². The molecule has 0 saturated carbocycles. The monoisotopic (exact) mass is 388 g/mol. The summed E-state index contributed by atoms with van der Waals surface area (Å²) in [5.41, 5.74) is 0. The Morgan fingerprint density at radius 2 is 1.11 bits per heavy atom. The van der Waals surface area contributed by atoms with E-state index in [1.54, 1.807) is 0 Å². The van der Waals surface area contributed by atoms with Gasteiger partial charge in [0.2, 0.25) is 0 Å². The first-order valence-corrected chi connectivity index (χ1v) is 11.6. The van der Waals surface area contributed by atoms with E-state index in [1.165, 1.54) is 38.5 Å². The zero-order valence-corrected chi connectivity index (χ0v) is 18.5. The average molecular weight is 389 g/mol. The van der Waals surface area contributed by atoms with Gasteiger partial charge in [0.25, 0.3) is 0 Å². The van der Waals surface area contributed by atoms with Crippen LogP contribution in [0.2, 0.25) is 0 Å². The Morgan fingerprint density at radius 1 is 0.607 bits per heavy atom. The lowest BCUT2D eigenvalue weighted by Gasteiger charge is -2.03. The zero-order valence-electron chi connectivity index (χ0n) is 18.5. The minimum Gasteiger partial charge on any atom is -0.466 e. The summed E-state index contributed by atoms with van der Waals surface area (Å²) in [7, 11) is 0. The molecule has 0 aliphatic rings. The lowest BCUT2D eigenvalue weighted by Crippen LogP contribution is -2.05. The minimum absolute atomic E-state index is 0.0487. The smallest absolute Gasteiger partial charge is 0.305 e. The molecule has 0 aromatic heterocycles. The fourth-order valence-electron chi connectivity index (χ4n) is 2.71. The first-order valence-electron chi connectivity index (χ1n) is 11.6. The van der Waals surface area contributed by atoms with Crippen LogP contribution in [0, 0.1) is 0 Å². The summed E-state index contributed by atoms with van der Waals surface area (Å²) < 4.78 is 5.23. The van der Waals surface area contributed by atoms with Gasteiger partial charge < -0.3 is 4.74 Å². The Balaban J connectivity index is 3.44. The fraction of sp³-hybridized carbons (Fsp3) is 0.654. The summed E-state index contributed by atoms with van der Waals surface area (Å²) in [6.07, 6.45) is 32.9. The van der Waals surface area contributed by atoms with Crippen molar-refractivity contribution in [2.45, 2.75) is 104 Å². The second-order valence-electron chi connectivity index (χ2n) is 7.26. The van der Waals surface area contributed by atoms with Crippen molar-refractivity contribution in [3.8, 4) is 0 Å². The molecule has 0 fully saturated rings. The number of rotatable bonds is 19. The predicted octanol–water partition coefficient (Wildman–Crippen LogP) is 8.26. The maximum Gasteiger partial charge on any atom is 0.305 e. The SMILES string of the molecule is CCCCCC=CCC=CCC=CCC=CCCCC(=O)OCCCCCC. The van der Waals surface area contributed by atoms with E-state index in [0.717, 1.165) is 44.9 Å². The molecule has 2 heteroatoms. The summed E-state index contributed by atoms with van der Waals surface area (Å²) in [6.45, 7) is 5.01. The molecule has 160 valence electrons. The van der Waals surface area contributed by atoms with Crippen LogP contribution < -0.4 is 0 Å². The van der Waals surface area contributed by atoms with Gasteiger partial charge in [0.15, 0.2) is 0 Å². The van der Waals surface area contributed by atoms with Gasteiger partial charge in [-0.1, -0.05) is 94.6 Å².